The van der Waals surface area contributed by atoms with Gasteiger partial charge in [0.1, 0.15) is 15.9 Å². The number of hydrogen-bond acceptors (Lipinski definition) is 4. The number of carboxylic acids is 1. The summed E-state index contributed by atoms with van der Waals surface area (Å²) in [6.07, 6.45) is 1.14. The molecule has 3 unspecified atom stereocenters. The highest BCUT2D eigenvalue weighted by Gasteiger charge is 2.45. The van der Waals surface area contributed by atoms with Crippen LogP contribution in [0.25, 0.3) is 0 Å². The average molecular weight is 334 g/mol. The molecule has 1 saturated carbocycles. The summed E-state index contributed by atoms with van der Waals surface area (Å²) in [6, 6.07) is -0.445. The number of nitrogens with zero attached hydrogens (tertiary/aromatic N) is 2. The lowest BCUT2D eigenvalue weighted by Gasteiger charge is -2.32. The molecule has 0 spiro atoms. The predicted molar refractivity (Wildman–Crippen MR) is 74.4 cm³/mol. The van der Waals surface area contributed by atoms with E-state index < -0.39 is 23.1 Å². The average Bonchev–Trinajstić information content (AvgIpc) is 3.04. The molecule has 2 heterocycles. The summed E-state index contributed by atoms with van der Waals surface area (Å²) >= 11 is 0.609. The number of halogens is 3. The van der Waals surface area contributed by atoms with Gasteiger partial charge in [0, 0.05) is 6.04 Å². The lowest BCUT2D eigenvalue weighted by molar-refractivity contribution is -0.143. The molecule has 2 aliphatic rings. The van der Waals surface area contributed by atoms with E-state index in [1.807, 2.05) is 4.90 Å². The third kappa shape index (κ3) is 2.99. The molecule has 0 radical (unpaired) electrons. The number of alkyl halides is 3. The molecule has 2 fully saturated rings. The summed E-state index contributed by atoms with van der Waals surface area (Å²) in [5.74, 6) is -0.543. The van der Waals surface area contributed by atoms with Crippen molar-refractivity contribution in [2.24, 2.45) is 5.92 Å². The molecular weight excluding hydrogens is 317 g/mol. The largest absolute Gasteiger partial charge is 0.480 e. The van der Waals surface area contributed by atoms with Crippen molar-refractivity contribution in [3.63, 3.8) is 0 Å². The summed E-state index contributed by atoms with van der Waals surface area (Å²) in [5.41, 5.74) is 0. The Balaban J connectivity index is 1.79. The van der Waals surface area contributed by atoms with Gasteiger partial charge >= 0.3 is 12.1 Å². The highest BCUT2D eigenvalue weighted by atomic mass is 32.1. The van der Waals surface area contributed by atoms with E-state index in [-0.39, 0.29) is 12.6 Å². The van der Waals surface area contributed by atoms with Crippen LogP contribution in [0.4, 0.5) is 13.2 Å². The van der Waals surface area contributed by atoms with E-state index in [9.17, 15) is 23.1 Å². The van der Waals surface area contributed by atoms with Crippen LogP contribution in [0.5, 0.6) is 0 Å². The number of carboxylic acid groups (broad SMARTS) is 1. The first kappa shape index (κ1) is 15.7. The van der Waals surface area contributed by atoms with E-state index in [2.05, 4.69) is 4.98 Å². The van der Waals surface area contributed by atoms with Gasteiger partial charge in [-0.1, -0.05) is 12.8 Å². The zero-order chi connectivity index (χ0) is 15.9. The SMILES string of the molecule is O=C(O)C1CC2CCCCC2N1Cc1ncc(C(F)(F)F)s1. The maximum atomic E-state index is 12.7. The number of aliphatic carboxylic acids is 1. The van der Waals surface area contributed by atoms with E-state index >= 15 is 0 Å². The van der Waals surface area contributed by atoms with Gasteiger partial charge in [0.25, 0.3) is 0 Å². The van der Waals surface area contributed by atoms with Crippen molar-refractivity contribution in [3.8, 4) is 0 Å². The monoisotopic (exact) mass is 334 g/mol. The van der Waals surface area contributed by atoms with Crippen LogP contribution >= 0.6 is 11.3 Å². The van der Waals surface area contributed by atoms with Crippen LogP contribution in [0.3, 0.4) is 0 Å². The normalized spacial score (nSPS) is 29.5. The fourth-order valence-corrected chi connectivity index (χ4v) is 4.49. The molecule has 1 aromatic heterocycles. The minimum Gasteiger partial charge on any atom is -0.480 e. The van der Waals surface area contributed by atoms with Crippen LogP contribution in [-0.2, 0) is 17.5 Å². The van der Waals surface area contributed by atoms with E-state index in [0.717, 1.165) is 31.9 Å². The molecular formula is C14H17F3N2O2S. The minimum atomic E-state index is -4.39. The van der Waals surface area contributed by atoms with Gasteiger partial charge < -0.3 is 5.11 Å². The summed E-state index contributed by atoms with van der Waals surface area (Å²) in [4.78, 5) is 16.4. The van der Waals surface area contributed by atoms with Crippen LogP contribution in [0.2, 0.25) is 0 Å². The Morgan fingerprint density at radius 2 is 2.14 bits per heavy atom. The van der Waals surface area contributed by atoms with Gasteiger partial charge in [-0.2, -0.15) is 13.2 Å². The standard InChI is InChI=1S/C14H17F3N2O2S/c15-14(16,17)11-6-18-12(22-11)7-19-9-4-2-1-3-8(9)5-10(19)13(20)21/h6,8-10H,1-5,7H2,(H,20,21). The zero-order valence-electron chi connectivity index (χ0n) is 11.8. The second-order valence-corrected chi connectivity index (χ2v) is 7.11. The van der Waals surface area contributed by atoms with Crippen molar-refractivity contribution >= 4 is 17.3 Å². The molecule has 22 heavy (non-hydrogen) atoms. The van der Waals surface area contributed by atoms with E-state index in [1.54, 1.807) is 0 Å². The maximum absolute atomic E-state index is 12.7. The van der Waals surface area contributed by atoms with Gasteiger partial charge in [0.15, 0.2) is 0 Å². The quantitative estimate of drug-likeness (QED) is 0.921. The molecule has 8 heteroatoms. The molecule has 1 aliphatic carbocycles. The van der Waals surface area contributed by atoms with E-state index in [1.165, 1.54) is 0 Å². The molecule has 0 bridgehead atoms. The number of fused-ring (bicyclic) bond motifs is 1. The van der Waals surface area contributed by atoms with Crippen molar-refractivity contribution in [2.75, 3.05) is 0 Å². The molecule has 0 aromatic carbocycles. The third-order valence-electron chi connectivity index (χ3n) is 4.66. The molecule has 1 aromatic rings. The Morgan fingerprint density at radius 3 is 2.77 bits per heavy atom. The molecule has 4 nitrogen and oxygen atoms in total. The van der Waals surface area contributed by atoms with Gasteiger partial charge in [-0.05, 0) is 25.2 Å². The number of carbonyl (C=O) groups is 1. The van der Waals surface area contributed by atoms with Crippen molar-refractivity contribution in [1.82, 2.24) is 9.88 Å². The molecule has 3 rings (SSSR count). The molecule has 3 atom stereocenters. The lowest BCUT2D eigenvalue weighted by Crippen LogP contribution is -2.41. The molecule has 1 saturated heterocycles. The number of aromatic nitrogens is 1. The second-order valence-electron chi connectivity index (χ2n) is 5.99. The summed E-state index contributed by atoms with van der Waals surface area (Å²) in [7, 11) is 0. The van der Waals surface area contributed by atoms with Crippen LogP contribution in [0.15, 0.2) is 6.20 Å². The maximum Gasteiger partial charge on any atom is 0.427 e. The molecule has 0 amide bonds. The highest BCUT2D eigenvalue weighted by molar-refractivity contribution is 7.11. The Labute approximate surface area is 130 Å². The second kappa shape index (κ2) is 5.81. The van der Waals surface area contributed by atoms with E-state index in [0.29, 0.717) is 28.7 Å². The van der Waals surface area contributed by atoms with Crippen LogP contribution < -0.4 is 0 Å². The topological polar surface area (TPSA) is 53.4 Å². The number of hydrogen-bond donors (Lipinski definition) is 1. The minimum absolute atomic E-state index is 0.160. The fourth-order valence-electron chi connectivity index (χ4n) is 3.69. The van der Waals surface area contributed by atoms with Gasteiger partial charge in [0.05, 0.1) is 12.7 Å². The number of likely N-dealkylation sites (tertiary alicyclic amines) is 1. The van der Waals surface area contributed by atoms with Crippen LogP contribution in [0.1, 0.15) is 42.0 Å². The first-order valence-electron chi connectivity index (χ1n) is 7.36. The Morgan fingerprint density at radius 1 is 1.41 bits per heavy atom. The first-order valence-corrected chi connectivity index (χ1v) is 8.18. The Kier molecular flexibility index (Phi) is 4.15. The number of rotatable bonds is 3. The van der Waals surface area contributed by atoms with Crippen LogP contribution in [-0.4, -0.2) is 33.0 Å². The van der Waals surface area contributed by atoms with Crippen molar-refractivity contribution in [2.45, 2.75) is 56.9 Å². The summed E-state index contributed by atoms with van der Waals surface area (Å²) < 4.78 is 38.0. The van der Waals surface area contributed by atoms with Crippen molar-refractivity contribution in [3.05, 3.63) is 16.1 Å². The van der Waals surface area contributed by atoms with Gasteiger partial charge in [-0.15, -0.1) is 11.3 Å². The fraction of sp³-hybridized carbons (Fsp3) is 0.714. The Bertz CT molecular complexity index is 561. The molecule has 1 aliphatic heterocycles. The van der Waals surface area contributed by atoms with Gasteiger partial charge in [-0.25, -0.2) is 4.98 Å². The van der Waals surface area contributed by atoms with Crippen molar-refractivity contribution in [1.29, 1.82) is 0 Å². The van der Waals surface area contributed by atoms with Crippen molar-refractivity contribution < 1.29 is 23.1 Å². The lowest BCUT2D eigenvalue weighted by atomic mass is 9.85. The smallest absolute Gasteiger partial charge is 0.427 e. The van der Waals surface area contributed by atoms with Gasteiger partial charge in [-0.3, -0.25) is 9.69 Å². The third-order valence-corrected chi connectivity index (χ3v) is 5.68. The van der Waals surface area contributed by atoms with E-state index in [4.69, 9.17) is 0 Å². The first-order chi connectivity index (χ1) is 10.4. The molecule has 122 valence electrons. The summed E-state index contributed by atoms with van der Waals surface area (Å²) in [6.45, 7) is 0.193. The Hall–Kier alpha value is -1.15. The molecule has 1 N–H and O–H groups in total. The highest BCUT2D eigenvalue weighted by Crippen LogP contribution is 2.41. The van der Waals surface area contributed by atoms with Crippen LogP contribution in [0, 0.1) is 5.92 Å². The van der Waals surface area contributed by atoms with Gasteiger partial charge in [0.2, 0.25) is 0 Å². The predicted octanol–water partition coefficient (Wildman–Crippen LogP) is 3.38. The number of thiazole rings is 1. The summed E-state index contributed by atoms with van der Waals surface area (Å²) in [5, 5.41) is 9.74. The zero-order valence-corrected chi connectivity index (χ0v) is 12.7.